The normalized spacial score (nSPS) is 13.7. The first-order valence-corrected chi connectivity index (χ1v) is 11.7. The molecular formula is C31H30N4. The number of rotatable bonds is 6. The van der Waals surface area contributed by atoms with Crippen LogP contribution in [0.3, 0.4) is 0 Å². The Kier molecular flexibility index (Phi) is 7.32. The zero-order chi connectivity index (χ0) is 24.8. The highest BCUT2D eigenvalue weighted by molar-refractivity contribution is 5.76. The average molecular weight is 459 g/mol. The lowest BCUT2D eigenvalue weighted by Crippen LogP contribution is -2.29. The molecule has 1 aliphatic carbocycles. The summed E-state index contributed by atoms with van der Waals surface area (Å²) in [5, 5.41) is 2.02. The molecule has 1 aliphatic rings. The molecule has 3 aromatic heterocycles. The summed E-state index contributed by atoms with van der Waals surface area (Å²) in [6, 6.07) is 10.0. The minimum atomic E-state index is 0.738. The molecule has 0 atom stereocenters. The van der Waals surface area contributed by atoms with Crippen LogP contribution in [0, 0.1) is 0 Å². The molecule has 0 aromatic carbocycles. The van der Waals surface area contributed by atoms with Gasteiger partial charge in [0.2, 0.25) is 0 Å². The topological polar surface area (TPSA) is 43.1 Å². The first-order valence-electron chi connectivity index (χ1n) is 11.7. The number of aliphatic imine (C=N–C) groups is 1. The maximum atomic E-state index is 5.09. The van der Waals surface area contributed by atoms with Gasteiger partial charge < -0.3 is 0 Å². The molecule has 0 spiro atoms. The van der Waals surface area contributed by atoms with Gasteiger partial charge in [-0.1, -0.05) is 55.2 Å². The predicted molar refractivity (Wildman–Crippen MR) is 150 cm³/mol. The molecule has 3 heterocycles. The fraction of sp³-hybridized carbons (Fsp3) is 0.129. The minimum absolute atomic E-state index is 0.738. The van der Waals surface area contributed by atoms with Crippen molar-refractivity contribution in [2.75, 3.05) is 0 Å². The van der Waals surface area contributed by atoms with Crippen molar-refractivity contribution in [2.24, 2.45) is 4.99 Å². The molecule has 4 nitrogen and oxygen atoms in total. The van der Waals surface area contributed by atoms with Gasteiger partial charge in [-0.2, -0.15) is 0 Å². The van der Waals surface area contributed by atoms with Gasteiger partial charge in [-0.05, 0) is 80.5 Å². The minimum Gasteiger partial charge on any atom is -0.294 e. The van der Waals surface area contributed by atoms with Crippen molar-refractivity contribution in [3.05, 3.63) is 113 Å². The fourth-order valence-electron chi connectivity index (χ4n) is 4.08. The van der Waals surface area contributed by atoms with Gasteiger partial charge in [0.15, 0.2) is 0 Å². The lowest BCUT2D eigenvalue weighted by Gasteiger charge is -2.13. The van der Waals surface area contributed by atoms with Gasteiger partial charge in [-0.15, -0.1) is 0 Å². The molecule has 0 aliphatic heterocycles. The summed E-state index contributed by atoms with van der Waals surface area (Å²) in [6.07, 6.45) is 20.7. The lowest BCUT2D eigenvalue weighted by atomic mass is 10.1. The van der Waals surface area contributed by atoms with Crippen LogP contribution in [0.25, 0.3) is 41.5 Å². The van der Waals surface area contributed by atoms with Gasteiger partial charge >= 0.3 is 0 Å². The van der Waals surface area contributed by atoms with Crippen LogP contribution in [0.5, 0.6) is 0 Å². The Balaban J connectivity index is 2.10. The number of nitrogens with zero attached hydrogens (tertiary/aromatic N) is 4. The zero-order valence-corrected chi connectivity index (χ0v) is 20.6. The van der Waals surface area contributed by atoms with Gasteiger partial charge in [-0.3, -0.25) is 14.5 Å². The Morgan fingerprint density at radius 3 is 2.71 bits per heavy atom. The van der Waals surface area contributed by atoms with Crippen LogP contribution in [-0.2, 0) is 6.42 Å². The molecule has 0 saturated carbocycles. The van der Waals surface area contributed by atoms with Crippen LogP contribution in [0.15, 0.2) is 90.1 Å². The zero-order valence-electron chi connectivity index (χ0n) is 20.6. The SMILES string of the molecule is C=C/C=C(\N=CC)c1cc(-c2ccccn2)cc(-n2c3c(c(=C)/c2=C\C=C(C)C)CC=CC=C3)n1. The van der Waals surface area contributed by atoms with E-state index in [9.17, 15) is 0 Å². The van der Waals surface area contributed by atoms with Crippen LogP contribution >= 0.6 is 0 Å². The monoisotopic (exact) mass is 458 g/mol. The summed E-state index contributed by atoms with van der Waals surface area (Å²) in [5.74, 6) is 0.788. The number of allylic oxidation sites excluding steroid dienone is 7. The Hall–Kier alpha value is -4.31. The number of fused-ring (bicyclic) bond motifs is 1. The molecule has 4 rings (SSSR count). The summed E-state index contributed by atoms with van der Waals surface area (Å²) >= 11 is 0. The smallest absolute Gasteiger partial charge is 0.139 e. The number of aromatic nitrogens is 3. The molecule has 3 aromatic rings. The second-order valence-electron chi connectivity index (χ2n) is 8.45. The van der Waals surface area contributed by atoms with E-state index < -0.39 is 0 Å². The van der Waals surface area contributed by atoms with Crippen LogP contribution in [-0.4, -0.2) is 20.7 Å². The van der Waals surface area contributed by atoms with E-state index in [0.29, 0.717) is 0 Å². The predicted octanol–water partition coefficient (Wildman–Crippen LogP) is 5.83. The van der Waals surface area contributed by atoms with Crippen LogP contribution in [0.2, 0.25) is 0 Å². The summed E-state index contributed by atoms with van der Waals surface area (Å²) in [7, 11) is 0. The van der Waals surface area contributed by atoms with E-state index in [1.807, 2.05) is 37.3 Å². The van der Waals surface area contributed by atoms with E-state index >= 15 is 0 Å². The molecule has 0 N–H and O–H groups in total. The van der Waals surface area contributed by atoms with E-state index in [1.165, 1.54) is 11.1 Å². The van der Waals surface area contributed by atoms with Crippen molar-refractivity contribution in [1.29, 1.82) is 0 Å². The Bertz CT molecular complexity index is 1510. The Morgan fingerprint density at radius 1 is 1.14 bits per heavy atom. The first-order chi connectivity index (χ1) is 17.0. The molecule has 0 saturated heterocycles. The van der Waals surface area contributed by atoms with E-state index in [2.05, 4.69) is 84.1 Å². The summed E-state index contributed by atoms with van der Waals surface area (Å²) < 4.78 is 2.19. The van der Waals surface area contributed by atoms with Gasteiger partial charge in [0.1, 0.15) is 5.82 Å². The molecular weight excluding hydrogens is 428 g/mol. The quantitative estimate of drug-likeness (QED) is 0.344. The van der Waals surface area contributed by atoms with Crippen LogP contribution in [0.1, 0.15) is 37.7 Å². The second-order valence-corrected chi connectivity index (χ2v) is 8.45. The van der Waals surface area contributed by atoms with Gasteiger partial charge in [-0.25, -0.2) is 4.98 Å². The van der Waals surface area contributed by atoms with E-state index in [-0.39, 0.29) is 0 Å². The maximum Gasteiger partial charge on any atom is 0.139 e. The summed E-state index contributed by atoms with van der Waals surface area (Å²) in [5.41, 5.74) is 6.81. The number of pyridine rings is 2. The molecule has 0 bridgehead atoms. The van der Waals surface area contributed by atoms with Gasteiger partial charge in [0, 0.05) is 18.0 Å². The third-order valence-electron chi connectivity index (χ3n) is 5.67. The molecule has 0 radical (unpaired) electrons. The Labute approximate surface area is 207 Å². The van der Waals surface area contributed by atoms with E-state index in [4.69, 9.17) is 4.98 Å². The highest BCUT2D eigenvalue weighted by atomic mass is 15.1. The second kappa shape index (κ2) is 10.7. The van der Waals surface area contributed by atoms with Crippen molar-refractivity contribution < 1.29 is 0 Å². The molecule has 4 heteroatoms. The van der Waals surface area contributed by atoms with Crippen molar-refractivity contribution in [2.45, 2.75) is 27.2 Å². The molecule has 0 unspecified atom stereocenters. The average Bonchev–Trinajstić information content (AvgIpc) is 3.00. The van der Waals surface area contributed by atoms with E-state index in [1.54, 1.807) is 18.5 Å². The summed E-state index contributed by atoms with van der Waals surface area (Å²) in [4.78, 5) is 14.2. The molecule has 35 heavy (non-hydrogen) atoms. The van der Waals surface area contributed by atoms with Crippen molar-refractivity contribution in [3.8, 4) is 17.1 Å². The number of hydrogen-bond acceptors (Lipinski definition) is 3. The van der Waals surface area contributed by atoms with Gasteiger partial charge in [0.05, 0.1) is 28.1 Å². The molecule has 0 amide bonds. The van der Waals surface area contributed by atoms with Crippen LogP contribution in [0.4, 0.5) is 0 Å². The molecule has 174 valence electrons. The number of hydrogen-bond donors (Lipinski definition) is 0. The van der Waals surface area contributed by atoms with E-state index in [0.717, 1.165) is 51.1 Å². The standard InChI is InChI=1S/C31H30N4/c1-6-13-27(32-7-2)28-20-24(26-15-11-12-19-33-26)21-31(34-28)35-29(18-17-22(3)4)23(5)25-14-9-8-10-16-30(25)35/h6-13,15-21H,1,5,14H2,2-4H3/b27-13-,29-18+,32-7?. The van der Waals surface area contributed by atoms with Crippen LogP contribution < -0.4 is 10.6 Å². The highest BCUT2D eigenvalue weighted by Crippen LogP contribution is 2.26. The molecule has 0 fully saturated rings. The largest absolute Gasteiger partial charge is 0.294 e. The summed E-state index contributed by atoms with van der Waals surface area (Å²) in [6.45, 7) is 14.4. The Morgan fingerprint density at radius 2 is 2.00 bits per heavy atom. The third kappa shape index (κ3) is 5.12. The highest BCUT2D eigenvalue weighted by Gasteiger charge is 2.17. The van der Waals surface area contributed by atoms with Crippen molar-refractivity contribution in [1.82, 2.24) is 14.5 Å². The lowest BCUT2D eigenvalue weighted by molar-refractivity contribution is 0.950. The third-order valence-corrected chi connectivity index (χ3v) is 5.67. The first kappa shape index (κ1) is 23.8. The fourth-order valence-corrected chi connectivity index (χ4v) is 4.08. The van der Waals surface area contributed by atoms with Crippen molar-refractivity contribution in [3.63, 3.8) is 0 Å². The maximum absolute atomic E-state index is 5.09. The van der Waals surface area contributed by atoms with Crippen molar-refractivity contribution >= 4 is 30.6 Å². The van der Waals surface area contributed by atoms with Gasteiger partial charge in [0.25, 0.3) is 0 Å².